The lowest BCUT2D eigenvalue weighted by atomic mass is 10.1. The molecular formula is C21H20N4S. The first kappa shape index (κ1) is 16.5. The number of nitrogens with one attached hydrogen (secondary N) is 1. The predicted molar refractivity (Wildman–Crippen MR) is 112 cm³/mol. The summed E-state index contributed by atoms with van der Waals surface area (Å²) < 4.78 is 1.19. The van der Waals surface area contributed by atoms with Crippen LogP contribution in [-0.2, 0) is 0 Å². The molecule has 0 fully saturated rings. The van der Waals surface area contributed by atoms with Crippen LogP contribution in [0.5, 0.6) is 0 Å². The largest absolute Gasteiger partial charge is 0.388 e. The van der Waals surface area contributed by atoms with E-state index in [1.54, 1.807) is 11.3 Å². The van der Waals surface area contributed by atoms with Gasteiger partial charge in [-0.2, -0.15) is 0 Å². The molecule has 0 aliphatic carbocycles. The Morgan fingerprint density at radius 1 is 0.885 bits per heavy atom. The molecule has 0 bridgehead atoms. The van der Waals surface area contributed by atoms with Crippen LogP contribution in [0.3, 0.4) is 0 Å². The number of aromatic nitrogens is 2. The quantitative estimate of drug-likeness (QED) is 0.547. The van der Waals surface area contributed by atoms with E-state index in [9.17, 15) is 0 Å². The Balaban J connectivity index is 1.68. The molecule has 0 saturated heterocycles. The van der Waals surface area contributed by atoms with Gasteiger partial charge < -0.3 is 10.2 Å². The van der Waals surface area contributed by atoms with Gasteiger partial charge in [-0.25, -0.2) is 9.97 Å². The molecule has 0 aliphatic rings. The van der Waals surface area contributed by atoms with Crippen molar-refractivity contribution in [1.29, 1.82) is 0 Å². The second kappa shape index (κ2) is 6.77. The summed E-state index contributed by atoms with van der Waals surface area (Å²) in [7, 11) is 5.92. The number of pyridine rings is 1. The van der Waals surface area contributed by atoms with E-state index < -0.39 is 0 Å². The number of fused-ring (bicyclic) bond motifs is 1. The molecule has 1 N–H and O–H groups in total. The minimum Gasteiger partial charge on any atom is -0.388 e. The molecule has 2 aromatic carbocycles. The Morgan fingerprint density at radius 3 is 2.27 bits per heavy atom. The van der Waals surface area contributed by atoms with Crippen LogP contribution in [0.15, 0.2) is 60.8 Å². The van der Waals surface area contributed by atoms with E-state index in [4.69, 9.17) is 4.98 Å². The normalized spacial score (nSPS) is 10.9. The second-order valence-electron chi connectivity index (χ2n) is 6.33. The van der Waals surface area contributed by atoms with Crippen LogP contribution in [-0.4, -0.2) is 31.1 Å². The van der Waals surface area contributed by atoms with Crippen LogP contribution in [0.2, 0.25) is 0 Å². The monoisotopic (exact) mass is 360 g/mol. The molecule has 0 spiro atoms. The topological polar surface area (TPSA) is 41.1 Å². The van der Waals surface area contributed by atoms with E-state index in [1.807, 2.05) is 38.3 Å². The number of anilines is 2. The fourth-order valence-corrected chi connectivity index (χ4v) is 3.84. The van der Waals surface area contributed by atoms with E-state index >= 15 is 0 Å². The lowest BCUT2D eigenvalue weighted by Gasteiger charge is -2.11. The molecule has 0 unspecified atom stereocenters. The van der Waals surface area contributed by atoms with Crippen LogP contribution in [0.25, 0.3) is 31.9 Å². The Bertz CT molecular complexity index is 1030. The van der Waals surface area contributed by atoms with Gasteiger partial charge in [-0.1, -0.05) is 6.07 Å². The van der Waals surface area contributed by atoms with E-state index in [0.717, 1.165) is 38.7 Å². The van der Waals surface area contributed by atoms with Gasteiger partial charge in [-0.15, -0.1) is 11.3 Å². The smallest absolute Gasteiger partial charge is 0.127 e. The number of hydrogen-bond donors (Lipinski definition) is 1. The highest BCUT2D eigenvalue weighted by atomic mass is 32.1. The number of hydrogen-bond acceptors (Lipinski definition) is 5. The fourth-order valence-electron chi connectivity index (χ4n) is 2.83. The lowest BCUT2D eigenvalue weighted by Crippen LogP contribution is -2.09. The maximum absolute atomic E-state index is 4.79. The summed E-state index contributed by atoms with van der Waals surface area (Å²) in [6, 6.07) is 18.9. The molecule has 4 rings (SSSR count). The predicted octanol–water partition coefficient (Wildman–Crippen LogP) is 5.13. The van der Waals surface area contributed by atoms with Crippen LogP contribution < -0.4 is 10.2 Å². The summed E-state index contributed by atoms with van der Waals surface area (Å²) in [6.07, 6.45) is 1.93. The first-order valence-corrected chi connectivity index (χ1v) is 9.28. The molecule has 0 saturated carbocycles. The third-order valence-corrected chi connectivity index (χ3v) is 5.42. The van der Waals surface area contributed by atoms with Crippen molar-refractivity contribution in [2.45, 2.75) is 0 Å². The van der Waals surface area contributed by atoms with Gasteiger partial charge in [0.2, 0.25) is 0 Å². The number of nitrogens with zero attached hydrogens (tertiary/aromatic N) is 3. The van der Waals surface area contributed by atoms with Crippen molar-refractivity contribution in [3.05, 3.63) is 60.8 Å². The molecule has 2 aromatic heterocycles. The first-order chi connectivity index (χ1) is 12.6. The zero-order chi connectivity index (χ0) is 18.1. The Kier molecular flexibility index (Phi) is 4.31. The van der Waals surface area contributed by atoms with Gasteiger partial charge in [-0.05, 0) is 54.1 Å². The molecule has 4 aromatic rings. The van der Waals surface area contributed by atoms with Crippen molar-refractivity contribution in [2.24, 2.45) is 0 Å². The average Bonchev–Trinajstić information content (AvgIpc) is 3.11. The SMILES string of the molecule is CNc1ccc(-c2nc3ccc(-c4ccc(N(C)C)nc4)cc3s2)cc1. The Labute approximate surface area is 157 Å². The van der Waals surface area contributed by atoms with Gasteiger partial charge >= 0.3 is 0 Å². The number of benzene rings is 2. The molecule has 0 atom stereocenters. The van der Waals surface area contributed by atoms with Gasteiger partial charge in [0.1, 0.15) is 10.8 Å². The summed E-state index contributed by atoms with van der Waals surface area (Å²) in [5, 5.41) is 4.19. The maximum Gasteiger partial charge on any atom is 0.127 e. The van der Waals surface area contributed by atoms with Gasteiger partial charge in [0.15, 0.2) is 0 Å². The summed E-state index contributed by atoms with van der Waals surface area (Å²) in [4.78, 5) is 11.3. The van der Waals surface area contributed by atoms with Crippen molar-refractivity contribution in [1.82, 2.24) is 9.97 Å². The van der Waals surface area contributed by atoms with E-state index in [0.29, 0.717) is 0 Å². The van der Waals surface area contributed by atoms with Crippen LogP contribution in [0.4, 0.5) is 11.5 Å². The summed E-state index contributed by atoms with van der Waals surface area (Å²) in [6.45, 7) is 0. The highest BCUT2D eigenvalue weighted by Gasteiger charge is 2.08. The van der Waals surface area contributed by atoms with Crippen LogP contribution in [0.1, 0.15) is 0 Å². The van der Waals surface area contributed by atoms with Gasteiger partial charge in [-0.3, -0.25) is 0 Å². The number of thiazole rings is 1. The zero-order valence-electron chi connectivity index (χ0n) is 15.0. The zero-order valence-corrected chi connectivity index (χ0v) is 15.8. The third kappa shape index (κ3) is 3.13. The standard InChI is InChI=1S/C21H20N4S/c1-22-17-8-4-14(5-9-17)21-24-18-10-6-15(12-19(18)26-21)16-7-11-20(23-13-16)25(2)3/h4-13,22H,1-3H3. The van der Waals surface area contributed by atoms with E-state index in [-0.39, 0.29) is 0 Å². The first-order valence-electron chi connectivity index (χ1n) is 8.46. The second-order valence-corrected chi connectivity index (χ2v) is 7.36. The minimum absolute atomic E-state index is 0.958. The molecule has 26 heavy (non-hydrogen) atoms. The molecule has 0 amide bonds. The molecule has 2 heterocycles. The fraction of sp³-hybridized carbons (Fsp3) is 0.143. The van der Waals surface area contributed by atoms with Crippen LogP contribution >= 0.6 is 11.3 Å². The molecule has 0 radical (unpaired) electrons. The molecular weight excluding hydrogens is 340 g/mol. The lowest BCUT2D eigenvalue weighted by molar-refractivity contribution is 1.07. The molecule has 5 heteroatoms. The van der Waals surface area contributed by atoms with Gasteiger partial charge in [0.25, 0.3) is 0 Å². The molecule has 0 aliphatic heterocycles. The molecule has 4 nitrogen and oxygen atoms in total. The average molecular weight is 360 g/mol. The van der Waals surface area contributed by atoms with Crippen molar-refractivity contribution in [3.63, 3.8) is 0 Å². The van der Waals surface area contributed by atoms with Crippen molar-refractivity contribution in [2.75, 3.05) is 31.4 Å². The number of rotatable bonds is 4. The van der Waals surface area contributed by atoms with Crippen molar-refractivity contribution in [3.8, 4) is 21.7 Å². The summed E-state index contributed by atoms with van der Waals surface area (Å²) in [5.41, 5.74) is 5.56. The highest BCUT2D eigenvalue weighted by Crippen LogP contribution is 2.33. The Morgan fingerprint density at radius 2 is 1.62 bits per heavy atom. The molecule has 130 valence electrons. The minimum atomic E-state index is 0.958. The highest BCUT2D eigenvalue weighted by molar-refractivity contribution is 7.21. The third-order valence-electron chi connectivity index (χ3n) is 4.35. The van der Waals surface area contributed by atoms with Crippen molar-refractivity contribution >= 4 is 33.1 Å². The summed E-state index contributed by atoms with van der Waals surface area (Å²) >= 11 is 1.72. The Hall–Kier alpha value is -2.92. The van der Waals surface area contributed by atoms with E-state index in [1.165, 1.54) is 4.70 Å². The van der Waals surface area contributed by atoms with Crippen molar-refractivity contribution < 1.29 is 0 Å². The van der Waals surface area contributed by atoms with Crippen LogP contribution in [0, 0.1) is 0 Å². The van der Waals surface area contributed by atoms with Gasteiger partial charge in [0.05, 0.1) is 10.2 Å². The maximum atomic E-state index is 4.79. The van der Waals surface area contributed by atoms with Gasteiger partial charge in [0, 0.05) is 44.2 Å². The summed E-state index contributed by atoms with van der Waals surface area (Å²) in [5.74, 6) is 0.958. The van der Waals surface area contributed by atoms with E-state index in [2.05, 4.69) is 58.8 Å².